The predicted octanol–water partition coefficient (Wildman–Crippen LogP) is 2.58. The maximum absolute atomic E-state index is 5.21. The van der Waals surface area contributed by atoms with Gasteiger partial charge in [0.05, 0.1) is 7.11 Å². The molecule has 19 heavy (non-hydrogen) atoms. The first kappa shape index (κ1) is 12.9. The van der Waals surface area contributed by atoms with E-state index in [4.69, 9.17) is 4.74 Å². The van der Waals surface area contributed by atoms with Crippen LogP contribution in [0.1, 0.15) is 37.8 Å². The Morgan fingerprint density at radius 2 is 2.00 bits per heavy atom. The molecule has 2 aliphatic rings. The van der Waals surface area contributed by atoms with Gasteiger partial charge in [-0.05, 0) is 50.4 Å². The number of rotatable bonds is 4. The Balaban J connectivity index is 1.62. The minimum absolute atomic E-state index is 0.413. The largest absolute Gasteiger partial charge is 0.497 e. The fraction of sp³-hybridized carbons (Fsp3) is 0.625. The molecule has 2 heterocycles. The zero-order chi connectivity index (χ0) is 13.2. The smallest absolute Gasteiger partial charge is 0.118 e. The van der Waals surface area contributed by atoms with E-state index in [1.165, 1.54) is 37.9 Å². The van der Waals surface area contributed by atoms with Crippen LogP contribution in [-0.2, 0) is 0 Å². The van der Waals surface area contributed by atoms with Crippen LogP contribution >= 0.6 is 0 Å². The predicted molar refractivity (Wildman–Crippen MR) is 77.5 cm³/mol. The maximum atomic E-state index is 5.21. The molecule has 3 atom stereocenters. The number of hydrogen-bond donors (Lipinski definition) is 1. The van der Waals surface area contributed by atoms with Crippen LogP contribution in [0.15, 0.2) is 24.3 Å². The molecular formula is C16H24N2O. The van der Waals surface area contributed by atoms with Crippen LogP contribution < -0.4 is 10.1 Å². The van der Waals surface area contributed by atoms with Crippen molar-refractivity contribution < 1.29 is 4.74 Å². The Morgan fingerprint density at radius 1 is 1.21 bits per heavy atom. The van der Waals surface area contributed by atoms with Crippen molar-refractivity contribution in [3.63, 3.8) is 0 Å². The lowest BCUT2D eigenvalue weighted by molar-refractivity contribution is 0.291. The molecule has 0 aliphatic carbocycles. The summed E-state index contributed by atoms with van der Waals surface area (Å²) in [5.41, 5.74) is 1.34. The van der Waals surface area contributed by atoms with Gasteiger partial charge in [0.25, 0.3) is 0 Å². The molecule has 0 saturated carbocycles. The van der Waals surface area contributed by atoms with Gasteiger partial charge in [-0.15, -0.1) is 0 Å². The lowest BCUT2D eigenvalue weighted by Gasteiger charge is -2.25. The molecule has 104 valence electrons. The molecule has 0 amide bonds. The normalized spacial score (nSPS) is 28.3. The Kier molecular flexibility index (Phi) is 3.76. The molecule has 2 saturated heterocycles. The molecule has 0 aromatic heterocycles. The standard InChI is InChI=1S/C16H24N2O/c1-12(13-5-7-14(19-2)8-6-13)17-15-9-11-18-10-3-4-16(15)18/h5-8,12,15-17H,3-4,9-11H2,1-2H3/t12-,15?,16?/m0/s1. The van der Waals surface area contributed by atoms with Gasteiger partial charge in [-0.1, -0.05) is 12.1 Å². The van der Waals surface area contributed by atoms with E-state index in [0.717, 1.165) is 11.8 Å². The highest BCUT2D eigenvalue weighted by Gasteiger charge is 2.37. The van der Waals surface area contributed by atoms with Gasteiger partial charge in [-0.3, -0.25) is 4.90 Å². The number of methoxy groups -OCH3 is 1. The van der Waals surface area contributed by atoms with Crippen LogP contribution in [0, 0.1) is 0 Å². The van der Waals surface area contributed by atoms with Crippen molar-refractivity contribution in [3.8, 4) is 5.75 Å². The van der Waals surface area contributed by atoms with Gasteiger partial charge in [-0.25, -0.2) is 0 Å². The fourth-order valence-electron chi connectivity index (χ4n) is 3.59. The lowest BCUT2D eigenvalue weighted by Crippen LogP contribution is -2.40. The van der Waals surface area contributed by atoms with Crippen LogP contribution in [0.4, 0.5) is 0 Å². The first-order valence-corrected chi connectivity index (χ1v) is 7.42. The van der Waals surface area contributed by atoms with Gasteiger partial charge < -0.3 is 10.1 Å². The number of ether oxygens (including phenoxy) is 1. The van der Waals surface area contributed by atoms with E-state index in [2.05, 4.69) is 29.3 Å². The summed E-state index contributed by atoms with van der Waals surface area (Å²) in [5, 5.41) is 3.82. The Labute approximate surface area is 115 Å². The van der Waals surface area contributed by atoms with Crippen LogP contribution in [0.3, 0.4) is 0 Å². The highest BCUT2D eigenvalue weighted by atomic mass is 16.5. The van der Waals surface area contributed by atoms with E-state index in [1.54, 1.807) is 7.11 Å². The molecule has 0 radical (unpaired) electrons. The minimum atomic E-state index is 0.413. The number of fused-ring (bicyclic) bond motifs is 1. The average molecular weight is 260 g/mol. The second-order valence-corrected chi connectivity index (χ2v) is 5.80. The summed E-state index contributed by atoms with van der Waals surface area (Å²) in [5.74, 6) is 0.929. The third-order valence-electron chi connectivity index (χ3n) is 4.69. The maximum Gasteiger partial charge on any atom is 0.118 e. The Bertz CT molecular complexity index is 417. The van der Waals surface area contributed by atoms with Crippen LogP contribution in [0.2, 0.25) is 0 Å². The van der Waals surface area contributed by atoms with Gasteiger partial charge in [0.1, 0.15) is 5.75 Å². The summed E-state index contributed by atoms with van der Waals surface area (Å²) in [6, 6.07) is 10.3. The van der Waals surface area contributed by atoms with E-state index < -0.39 is 0 Å². The molecule has 3 rings (SSSR count). The number of benzene rings is 1. The summed E-state index contributed by atoms with van der Waals surface area (Å²) >= 11 is 0. The molecule has 0 bridgehead atoms. The molecule has 2 unspecified atom stereocenters. The van der Waals surface area contributed by atoms with Gasteiger partial charge in [0, 0.05) is 24.7 Å². The van der Waals surface area contributed by atoms with E-state index in [-0.39, 0.29) is 0 Å². The lowest BCUT2D eigenvalue weighted by atomic mass is 10.0. The zero-order valence-corrected chi connectivity index (χ0v) is 11.9. The highest BCUT2D eigenvalue weighted by molar-refractivity contribution is 5.29. The summed E-state index contributed by atoms with van der Waals surface area (Å²) < 4.78 is 5.21. The monoisotopic (exact) mass is 260 g/mol. The summed E-state index contributed by atoms with van der Waals surface area (Å²) in [4.78, 5) is 2.65. The average Bonchev–Trinajstić information content (AvgIpc) is 3.04. The molecule has 0 spiro atoms. The third kappa shape index (κ3) is 2.63. The molecule has 2 aliphatic heterocycles. The summed E-state index contributed by atoms with van der Waals surface area (Å²) in [6.45, 7) is 4.84. The molecule has 1 aromatic carbocycles. The van der Waals surface area contributed by atoms with Gasteiger partial charge in [0.2, 0.25) is 0 Å². The summed E-state index contributed by atoms with van der Waals surface area (Å²) in [6.07, 6.45) is 4.04. The molecule has 3 nitrogen and oxygen atoms in total. The molecule has 1 N–H and O–H groups in total. The zero-order valence-electron chi connectivity index (χ0n) is 11.9. The van der Waals surface area contributed by atoms with Crippen LogP contribution in [-0.4, -0.2) is 37.2 Å². The van der Waals surface area contributed by atoms with Crippen molar-refractivity contribution in [1.82, 2.24) is 10.2 Å². The number of hydrogen-bond acceptors (Lipinski definition) is 3. The van der Waals surface area contributed by atoms with Crippen LogP contribution in [0.5, 0.6) is 5.75 Å². The van der Waals surface area contributed by atoms with Crippen molar-refractivity contribution >= 4 is 0 Å². The van der Waals surface area contributed by atoms with Gasteiger partial charge in [-0.2, -0.15) is 0 Å². The Hall–Kier alpha value is -1.06. The van der Waals surface area contributed by atoms with E-state index in [0.29, 0.717) is 12.1 Å². The molecule has 3 heteroatoms. The van der Waals surface area contributed by atoms with Crippen LogP contribution in [0.25, 0.3) is 0 Å². The second kappa shape index (κ2) is 5.51. The number of nitrogens with one attached hydrogen (secondary N) is 1. The minimum Gasteiger partial charge on any atom is -0.497 e. The molecule has 2 fully saturated rings. The first-order valence-electron chi connectivity index (χ1n) is 7.42. The summed E-state index contributed by atoms with van der Waals surface area (Å²) in [7, 11) is 1.71. The van der Waals surface area contributed by atoms with Crippen molar-refractivity contribution in [2.24, 2.45) is 0 Å². The van der Waals surface area contributed by atoms with Crippen molar-refractivity contribution in [1.29, 1.82) is 0 Å². The third-order valence-corrected chi connectivity index (χ3v) is 4.69. The molecule has 1 aromatic rings. The number of nitrogens with zero attached hydrogens (tertiary/aromatic N) is 1. The Morgan fingerprint density at radius 3 is 2.74 bits per heavy atom. The SMILES string of the molecule is COc1ccc([C@H](C)NC2CCN3CCCC23)cc1. The van der Waals surface area contributed by atoms with E-state index >= 15 is 0 Å². The fourth-order valence-corrected chi connectivity index (χ4v) is 3.59. The van der Waals surface area contributed by atoms with Crippen molar-refractivity contribution in [2.75, 3.05) is 20.2 Å². The van der Waals surface area contributed by atoms with Gasteiger partial charge in [0.15, 0.2) is 0 Å². The highest BCUT2D eigenvalue weighted by Crippen LogP contribution is 2.29. The topological polar surface area (TPSA) is 24.5 Å². The first-order chi connectivity index (χ1) is 9.28. The molecular weight excluding hydrogens is 236 g/mol. The quantitative estimate of drug-likeness (QED) is 0.900. The van der Waals surface area contributed by atoms with E-state index in [9.17, 15) is 0 Å². The van der Waals surface area contributed by atoms with Crippen molar-refractivity contribution in [3.05, 3.63) is 29.8 Å². The van der Waals surface area contributed by atoms with E-state index in [1.807, 2.05) is 12.1 Å². The second-order valence-electron chi connectivity index (χ2n) is 5.80. The van der Waals surface area contributed by atoms with Gasteiger partial charge >= 0.3 is 0 Å². The van der Waals surface area contributed by atoms with Crippen molar-refractivity contribution in [2.45, 2.75) is 44.3 Å².